The summed E-state index contributed by atoms with van der Waals surface area (Å²) in [5, 5.41) is 6.96. The number of hydrogen-bond donors (Lipinski definition) is 1. The zero-order valence-electron chi connectivity index (χ0n) is 5.30. The second kappa shape index (κ2) is 3.51. The quantitative estimate of drug-likeness (QED) is 0.595. The molecule has 0 aliphatic carbocycles. The largest absolute Gasteiger partial charge is 0.292 e. The lowest BCUT2D eigenvalue weighted by molar-refractivity contribution is 0.0985. The van der Waals surface area contributed by atoms with Gasteiger partial charge >= 0.3 is 0 Å². The molecule has 1 N–H and O–H groups in total. The van der Waals surface area contributed by atoms with E-state index < -0.39 is 0 Å². The number of ketones is 1. The summed E-state index contributed by atoms with van der Waals surface area (Å²) in [5.41, 5.74) is 0.583. The summed E-state index contributed by atoms with van der Waals surface area (Å²) in [7, 11) is 0. The standard InChI is InChI=1S/C6H7BrN2O/c7-3-1-6(10)5-2-4-8-9-5/h2,4H,1,3H2,(H,8,9). The van der Waals surface area contributed by atoms with Crippen molar-refractivity contribution in [2.45, 2.75) is 6.42 Å². The van der Waals surface area contributed by atoms with Crippen LogP contribution in [-0.4, -0.2) is 21.3 Å². The molecule has 1 aromatic heterocycles. The minimum Gasteiger partial charge on any atom is -0.292 e. The molecule has 1 aromatic rings. The lowest BCUT2D eigenvalue weighted by Gasteiger charge is -1.89. The van der Waals surface area contributed by atoms with Crippen molar-refractivity contribution in [1.29, 1.82) is 0 Å². The fraction of sp³-hybridized carbons (Fsp3) is 0.333. The highest BCUT2D eigenvalue weighted by molar-refractivity contribution is 9.09. The van der Waals surface area contributed by atoms with Gasteiger partial charge in [-0.05, 0) is 6.07 Å². The molecule has 0 bridgehead atoms. The number of carbonyl (C=O) groups is 1. The van der Waals surface area contributed by atoms with Crippen molar-refractivity contribution >= 4 is 21.7 Å². The Balaban J connectivity index is 2.59. The van der Waals surface area contributed by atoms with Gasteiger partial charge in [-0.3, -0.25) is 9.89 Å². The van der Waals surface area contributed by atoms with E-state index in [2.05, 4.69) is 26.1 Å². The molecular weight excluding hydrogens is 196 g/mol. The van der Waals surface area contributed by atoms with E-state index in [1.54, 1.807) is 12.3 Å². The van der Waals surface area contributed by atoms with E-state index in [1.165, 1.54) is 0 Å². The van der Waals surface area contributed by atoms with Crippen molar-refractivity contribution < 1.29 is 4.79 Å². The van der Waals surface area contributed by atoms with Gasteiger partial charge in [0.2, 0.25) is 0 Å². The van der Waals surface area contributed by atoms with Gasteiger partial charge < -0.3 is 0 Å². The van der Waals surface area contributed by atoms with Crippen LogP contribution in [0.15, 0.2) is 12.3 Å². The number of nitrogens with zero attached hydrogens (tertiary/aromatic N) is 1. The van der Waals surface area contributed by atoms with E-state index in [0.29, 0.717) is 17.4 Å². The molecule has 0 fully saturated rings. The average Bonchev–Trinajstić information content (AvgIpc) is 2.38. The maximum Gasteiger partial charge on any atom is 0.181 e. The Labute approximate surface area is 67.0 Å². The van der Waals surface area contributed by atoms with Crippen LogP contribution < -0.4 is 0 Å². The molecule has 0 atom stereocenters. The predicted molar refractivity (Wildman–Crippen MR) is 41.3 cm³/mol. The highest BCUT2D eigenvalue weighted by Gasteiger charge is 2.03. The van der Waals surface area contributed by atoms with E-state index in [1.807, 2.05) is 0 Å². The van der Waals surface area contributed by atoms with Gasteiger partial charge in [0, 0.05) is 17.9 Å². The molecule has 0 aliphatic rings. The first-order valence-corrected chi connectivity index (χ1v) is 4.05. The first-order chi connectivity index (χ1) is 4.84. The number of halogens is 1. The summed E-state index contributed by atoms with van der Waals surface area (Å²) in [5.74, 6) is 0.0920. The van der Waals surface area contributed by atoms with Crippen LogP contribution in [0.2, 0.25) is 0 Å². The summed E-state index contributed by atoms with van der Waals surface area (Å²) in [6.45, 7) is 0. The van der Waals surface area contributed by atoms with Crippen LogP contribution in [0.3, 0.4) is 0 Å². The molecule has 10 heavy (non-hydrogen) atoms. The van der Waals surface area contributed by atoms with Crippen molar-refractivity contribution in [1.82, 2.24) is 10.2 Å². The predicted octanol–water partition coefficient (Wildman–Crippen LogP) is 1.38. The van der Waals surface area contributed by atoms with Gasteiger partial charge in [-0.1, -0.05) is 15.9 Å². The van der Waals surface area contributed by atoms with Gasteiger partial charge in [0.25, 0.3) is 0 Å². The Morgan fingerprint density at radius 2 is 2.60 bits per heavy atom. The minimum absolute atomic E-state index is 0.0920. The molecule has 0 radical (unpaired) electrons. The molecule has 0 saturated carbocycles. The van der Waals surface area contributed by atoms with E-state index in [0.717, 1.165) is 0 Å². The van der Waals surface area contributed by atoms with Crippen LogP contribution in [0.5, 0.6) is 0 Å². The van der Waals surface area contributed by atoms with Crippen molar-refractivity contribution in [3.8, 4) is 0 Å². The summed E-state index contributed by atoms with van der Waals surface area (Å²) >= 11 is 3.18. The first-order valence-electron chi connectivity index (χ1n) is 2.93. The highest BCUT2D eigenvalue weighted by Crippen LogP contribution is 1.99. The second-order valence-electron chi connectivity index (χ2n) is 1.83. The number of H-pyrrole nitrogens is 1. The van der Waals surface area contributed by atoms with Crippen LogP contribution in [0, 0.1) is 0 Å². The third-order valence-corrected chi connectivity index (χ3v) is 1.52. The molecule has 1 heterocycles. The van der Waals surface area contributed by atoms with Gasteiger partial charge in [-0.15, -0.1) is 0 Å². The smallest absolute Gasteiger partial charge is 0.181 e. The number of rotatable bonds is 3. The van der Waals surface area contributed by atoms with Gasteiger partial charge in [-0.25, -0.2) is 0 Å². The molecule has 0 spiro atoms. The second-order valence-corrected chi connectivity index (χ2v) is 2.63. The molecule has 0 unspecified atom stereocenters. The Bertz CT molecular complexity index is 208. The van der Waals surface area contributed by atoms with Crippen LogP contribution in [0.25, 0.3) is 0 Å². The third-order valence-electron chi connectivity index (χ3n) is 1.12. The lowest BCUT2D eigenvalue weighted by atomic mass is 10.2. The summed E-state index contributed by atoms with van der Waals surface area (Å²) in [6, 6.07) is 1.67. The molecule has 0 amide bonds. The number of aromatic amines is 1. The van der Waals surface area contributed by atoms with Crippen LogP contribution >= 0.6 is 15.9 Å². The van der Waals surface area contributed by atoms with Crippen molar-refractivity contribution in [3.63, 3.8) is 0 Å². The monoisotopic (exact) mass is 202 g/mol. The number of carbonyl (C=O) groups excluding carboxylic acids is 1. The molecule has 54 valence electrons. The van der Waals surface area contributed by atoms with E-state index in [-0.39, 0.29) is 5.78 Å². The van der Waals surface area contributed by atoms with Crippen LogP contribution in [-0.2, 0) is 0 Å². The Hall–Kier alpha value is -0.640. The number of alkyl halides is 1. The zero-order valence-corrected chi connectivity index (χ0v) is 6.89. The molecule has 0 aromatic carbocycles. The number of Topliss-reactive ketones (excluding diaryl/α,β-unsaturated/α-hetero) is 1. The Kier molecular flexibility index (Phi) is 2.62. The van der Waals surface area contributed by atoms with Gasteiger partial charge in [-0.2, -0.15) is 5.10 Å². The van der Waals surface area contributed by atoms with E-state index in [9.17, 15) is 4.79 Å². The topological polar surface area (TPSA) is 45.8 Å². The van der Waals surface area contributed by atoms with Crippen molar-refractivity contribution in [3.05, 3.63) is 18.0 Å². The average molecular weight is 203 g/mol. The minimum atomic E-state index is 0.0920. The zero-order chi connectivity index (χ0) is 7.40. The summed E-state index contributed by atoms with van der Waals surface area (Å²) < 4.78 is 0. The van der Waals surface area contributed by atoms with Crippen LogP contribution in [0.4, 0.5) is 0 Å². The van der Waals surface area contributed by atoms with E-state index in [4.69, 9.17) is 0 Å². The molecule has 0 saturated heterocycles. The molecular formula is C6H7BrN2O. The maximum absolute atomic E-state index is 11.0. The van der Waals surface area contributed by atoms with Crippen molar-refractivity contribution in [2.75, 3.05) is 5.33 Å². The highest BCUT2D eigenvalue weighted by atomic mass is 79.9. The number of hydrogen-bond acceptors (Lipinski definition) is 2. The maximum atomic E-state index is 11.0. The van der Waals surface area contributed by atoms with E-state index >= 15 is 0 Å². The lowest BCUT2D eigenvalue weighted by Crippen LogP contribution is -1.99. The van der Waals surface area contributed by atoms with Gasteiger partial charge in [0.05, 0.1) is 0 Å². The summed E-state index contributed by atoms with van der Waals surface area (Å²) in [4.78, 5) is 11.0. The van der Waals surface area contributed by atoms with Gasteiger partial charge in [0.15, 0.2) is 5.78 Å². The molecule has 0 aliphatic heterocycles. The Morgan fingerprint density at radius 3 is 3.10 bits per heavy atom. The molecule has 1 rings (SSSR count). The number of nitrogens with one attached hydrogen (secondary N) is 1. The molecule has 4 heteroatoms. The normalized spacial score (nSPS) is 9.70. The molecule has 3 nitrogen and oxygen atoms in total. The Morgan fingerprint density at radius 1 is 1.80 bits per heavy atom. The first kappa shape index (κ1) is 7.47. The summed E-state index contributed by atoms with van der Waals surface area (Å²) in [6.07, 6.45) is 2.09. The number of aromatic nitrogens is 2. The third kappa shape index (κ3) is 1.67. The SMILES string of the molecule is O=C(CCBr)c1ccn[nH]1. The van der Waals surface area contributed by atoms with Crippen LogP contribution in [0.1, 0.15) is 16.9 Å². The fourth-order valence-electron chi connectivity index (χ4n) is 0.632. The van der Waals surface area contributed by atoms with Gasteiger partial charge in [0.1, 0.15) is 5.69 Å². The van der Waals surface area contributed by atoms with Crippen molar-refractivity contribution in [2.24, 2.45) is 0 Å². The fourth-order valence-corrected chi connectivity index (χ4v) is 0.992.